The summed E-state index contributed by atoms with van der Waals surface area (Å²) < 4.78 is 0. The SMILES string of the molecule is CC/C=C/CCCCCCCCC[C@@H](O)C[C@H](O)CO. The highest BCUT2D eigenvalue weighted by atomic mass is 16.3. The van der Waals surface area contributed by atoms with Crippen LogP contribution in [0.15, 0.2) is 12.2 Å². The van der Waals surface area contributed by atoms with E-state index in [0.29, 0.717) is 6.42 Å². The average Bonchev–Trinajstić information content (AvgIpc) is 2.44. The molecule has 3 nitrogen and oxygen atoms in total. The van der Waals surface area contributed by atoms with Crippen molar-refractivity contribution in [2.45, 2.75) is 89.8 Å². The molecule has 0 fully saturated rings. The van der Waals surface area contributed by atoms with Crippen LogP contribution in [0.3, 0.4) is 0 Å². The zero-order valence-corrected chi connectivity index (χ0v) is 13.1. The topological polar surface area (TPSA) is 60.7 Å². The van der Waals surface area contributed by atoms with Crippen LogP contribution in [0.5, 0.6) is 0 Å². The van der Waals surface area contributed by atoms with Crippen LogP contribution in [-0.4, -0.2) is 34.1 Å². The maximum atomic E-state index is 9.62. The second-order valence-corrected chi connectivity index (χ2v) is 5.66. The molecule has 0 aromatic carbocycles. The summed E-state index contributed by atoms with van der Waals surface area (Å²) in [4.78, 5) is 0. The minimum Gasteiger partial charge on any atom is -0.394 e. The third-order valence-electron chi connectivity index (χ3n) is 3.57. The molecule has 3 N–H and O–H groups in total. The molecule has 0 unspecified atom stereocenters. The van der Waals surface area contributed by atoms with E-state index >= 15 is 0 Å². The van der Waals surface area contributed by atoms with Gasteiger partial charge in [0.05, 0.1) is 18.8 Å². The van der Waals surface area contributed by atoms with Crippen LogP contribution in [0, 0.1) is 0 Å². The molecule has 0 saturated heterocycles. The van der Waals surface area contributed by atoms with Crippen molar-refractivity contribution in [1.29, 1.82) is 0 Å². The van der Waals surface area contributed by atoms with E-state index in [1.807, 2.05) is 0 Å². The highest BCUT2D eigenvalue weighted by Gasteiger charge is 2.10. The molecule has 3 heteroatoms. The Bertz CT molecular complexity index is 216. The first-order valence-corrected chi connectivity index (χ1v) is 8.32. The predicted octanol–water partition coefficient (Wildman–Crippen LogP) is 3.57. The van der Waals surface area contributed by atoms with E-state index in [2.05, 4.69) is 19.1 Å². The van der Waals surface area contributed by atoms with Crippen molar-refractivity contribution in [3.8, 4) is 0 Å². The molecular formula is C17H34O3. The molecule has 0 bridgehead atoms. The summed E-state index contributed by atoms with van der Waals surface area (Å²) in [6.45, 7) is 1.91. The fraction of sp³-hybridized carbons (Fsp3) is 0.882. The molecule has 0 heterocycles. The lowest BCUT2D eigenvalue weighted by Crippen LogP contribution is -2.20. The van der Waals surface area contributed by atoms with Crippen molar-refractivity contribution in [2.75, 3.05) is 6.61 Å². The number of aliphatic hydroxyl groups excluding tert-OH is 3. The van der Waals surface area contributed by atoms with Crippen LogP contribution in [0.4, 0.5) is 0 Å². The van der Waals surface area contributed by atoms with Crippen molar-refractivity contribution in [3.63, 3.8) is 0 Å². The zero-order chi connectivity index (χ0) is 15.1. The Balaban J connectivity index is 3.18. The molecular weight excluding hydrogens is 252 g/mol. The number of hydrogen-bond donors (Lipinski definition) is 3. The summed E-state index contributed by atoms with van der Waals surface area (Å²) in [5.41, 5.74) is 0. The normalized spacial score (nSPS) is 14.8. The molecule has 120 valence electrons. The summed E-state index contributed by atoms with van der Waals surface area (Å²) in [6, 6.07) is 0. The van der Waals surface area contributed by atoms with Gasteiger partial charge in [0.1, 0.15) is 0 Å². The van der Waals surface area contributed by atoms with Gasteiger partial charge in [-0.25, -0.2) is 0 Å². The van der Waals surface area contributed by atoms with Gasteiger partial charge in [0.15, 0.2) is 0 Å². The average molecular weight is 286 g/mol. The fourth-order valence-electron chi connectivity index (χ4n) is 2.32. The molecule has 2 atom stereocenters. The lowest BCUT2D eigenvalue weighted by Gasteiger charge is -2.13. The van der Waals surface area contributed by atoms with E-state index in [1.54, 1.807) is 0 Å². The van der Waals surface area contributed by atoms with Crippen molar-refractivity contribution >= 4 is 0 Å². The lowest BCUT2D eigenvalue weighted by atomic mass is 10.0. The van der Waals surface area contributed by atoms with Gasteiger partial charge in [0.25, 0.3) is 0 Å². The Labute approximate surface area is 124 Å². The van der Waals surface area contributed by atoms with Gasteiger partial charge in [0.2, 0.25) is 0 Å². The quantitative estimate of drug-likeness (QED) is 0.338. The zero-order valence-electron chi connectivity index (χ0n) is 13.1. The number of unbranched alkanes of at least 4 members (excludes halogenated alkanes) is 7. The van der Waals surface area contributed by atoms with Gasteiger partial charge in [-0.1, -0.05) is 57.6 Å². The summed E-state index contributed by atoms with van der Waals surface area (Å²) in [7, 11) is 0. The van der Waals surface area contributed by atoms with Gasteiger partial charge in [-0.05, 0) is 25.7 Å². The van der Waals surface area contributed by atoms with Gasteiger partial charge in [-0.2, -0.15) is 0 Å². The van der Waals surface area contributed by atoms with Gasteiger partial charge in [-0.15, -0.1) is 0 Å². The molecule has 0 aromatic rings. The van der Waals surface area contributed by atoms with E-state index in [-0.39, 0.29) is 6.61 Å². The molecule has 0 aromatic heterocycles. The number of allylic oxidation sites excluding steroid dienone is 2. The maximum absolute atomic E-state index is 9.62. The Kier molecular flexibility index (Phi) is 14.7. The number of aliphatic hydroxyl groups is 3. The summed E-state index contributed by atoms with van der Waals surface area (Å²) in [5, 5.41) is 27.5. The van der Waals surface area contributed by atoms with Crippen LogP contribution in [0.2, 0.25) is 0 Å². The molecule has 0 aliphatic carbocycles. The maximum Gasteiger partial charge on any atom is 0.0795 e. The second-order valence-electron chi connectivity index (χ2n) is 5.66. The number of rotatable bonds is 14. The molecule has 0 aliphatic rings. The minimum atomic E-state index is -0.772. The predicted molar refractivity (Wildman–Crippen MR) is 84.7 cm³/mol. The molecule has 0 spiro atoms. The first kappa shape index (κ1) is 19.6. The van der Waals surface area contributed by atoms with Crippen LogP contribution in [0.1, 0.15) is 77.6 Å². The molecule has 0 amide bonds. The summed E-state index contributed by atoms with van der Waals surface area (Å²) in [6.07, 6.45) is 15.3. The standard InChI is InChI=1S/C17H34O3/c1-2-3-4-5-6-7-8-9-10-11-12-13-16(19)14-17(20)15-18/h3-4,16-20H,2,5-15H2,1H3/b4-3+/t16-,17+/m1/s1. The Morgan fingerprint density at radius 3 is 2.00 bits per heavy atom. The van der Waals surface area contributed by atoms with E-state index in [4.69, 9.17) is 5.11 Å². The van der Waals surface area contributed by atoms with Gasteiger partial charge >= 0.3 is 0 Å². The van der Waals surface area contributed by atoms with Crippen molar-refractivity contribution in [3.05, 3.63) is 12.2 Å². The van der Waals surface area contributed by atoms with Crippen molar-refractivity contribution in [2.24, 2.45) is 0 Å². The monoisotopic (exact) mass is 286 g/mol. The highest BCUT2D eigenvalue weighted by molar-refractivity contribution is 4.79. The highest BCUT2D eigenvalue weighted by Crippen LogP contribution is 2.12. The third-order valence-corrected chi connectivity index (χ3v) is 3.57. The minimum absolute atomic E-state index is 0.259. The summed E-state index contributed by atoms with van der Waals surface area (Å²) in [5.74, 6) is 0. The van der Waals surface area contributed by atoms with E-state index in [9.17, 15) is 10.2 Å². The smallest absolute Gasteiger partial charge is 0.0795 e. The second kappa shape index (κ2) is 15.0. The van der Waals surface area contributed by atoms with E-state index in [0.717, 1.165) is 25.7 Å². The van der Waals surface area contributed by atoms with Crippen molar-refractivity contribution in [1.82, 2.24) is 0 Å². The molecule has 0 rings (SSSR count). The fourth-order valence-corrected chi connectivity index (χ4v) is 2.32. The summed E-state index contributed by atoms with van der Waals surface area (Å²) >= 11 is 0. The Morgan fingerprint density at radius 2 is 1.40 bits per heavy atom. The van der Waals surface area contributed by atoms with Gasteiger partial charge < -0.3 is 15.3 Å². The first-order chi connectivity index (χ1) is 9.70. The number of hydrogen-bond acceptors (Lipinski definition) is 3. The van der Waals surface area contributed by atoms with E-state index in [1.165, 1.54) is 38.5 Å². The van der Waals surface area contributed by atoms with Gasteiger partial charge in [0, 0.05) is 6.42 Å². The lowest BCUT2D eigenvalue weighted by molar-refractivity contribution is 0.0380. The third kappa shape index (κ3) is 14.0. The van der Waals surface area contributed by atoms with E-state index < -0.39 is 12.2 Å². The van der Waals surface area contributed by atoms with Crippen molar-refractivity contribution < 1.29 is 15.3 Å². The molecule has 0 saturated carbocycles. The Morgan fingerprint density at radius 1 is 0.800 bits per heavy atom. The van der Waals surface area contributed by atoms with Crippen LogP contribution >= 0.6 is 0 Å². The van der Waals surface area contributed by atoms with Crippen LogP contribution in [0.25, 0.3) is 0 Å². The Hall–Kier alpha value is -0.380. The first-order valence-electron chi connectivity index (χ1n) is 8.32. The van der Waals surface area contributed by atoms with Crippen LogP contribution in [-0.2, 0) is 0 Å². The molecule has 20 heavy (non-hydrogen) atoms. The molecule has 0 aliphatic heterocycles. The van der Waals surface area contributed by atoms with Gasteiger partial charge in [-0.3, -0.25) is 0 Å². The largest absolute Gasteiger partial charge is 0.394 e. The van der Waals surface area contributed by atoms with Crippen LogP contribution < -0.4 is 0 Å². The molecule has 0 radical (unpaired) electrons.